The minimum atomic E-state index is -0.236. The second kappa shape index (κ2) is 6.40. The van der Waals surface area contributed by atoms with Crippen LogP contribution in [0.2, 0.25) is 0 Å². The van der Waals surface area contributed by atoms with Gasteiger partial charge in [0.1, 0.15) is 0 Å². The Hall–Kier alpha value is -0.190. The van der Waals surface area contributed by atoms with E-state index in [2.05, 4.69) is 4.90 Å². The van der Waals surface area contributed by atoms with E-state index >= 15 is 0 Å². The molecule has 1 aliphatic carbocycles. The first-order valence-electron chi connectivity index (χ1n) is 5.80. The minimum Gasteiger partial charge on any atom is -0.393 e. The summed E-state index contributed by atoms with van der Waals surface area (Å²) >= 11 is 4.96. The minimum absolute atomic E-state index is 0.236. The fraction of sp³-hybridized carbons (Fsp3) is 0.909. The predicted molar refractivity (Wildman–Crippen MR) is 66.9 cm³/mol. The van der Waals surface area contributed by atoms with Gasteiger partial charge in [-0.2, -0.15) is 0 Å². The van der Waals surface area contributed by atoms with Crippen molar-refractivity contribution in [1.29, 1.82) is 0 Å². The highest BCUT2D eigenvalue weighted by atomic mass is 32.1. The zero-order chi connectivity index (χ0) is 11.3. The van der Waals surface area contributed by atoms with Crippen LogP contribution in [0, 0.1) is 0 Å². The molecule has 15 heavy (non-hydrogen) atoms. The maximum absolute atomic E-state index is 9.29. The fourth-order valence-corrected chi connectivity index (χ4v) is 2.38. The Morgan fingerprint density at radius 1 is 1.53 bits per heavy atom. The summed E-state index contributed by atoms with van der Waals surface area (Å²) in [5.41, 5.74) is 5.59. The first-order valence-corrected chi connectivity index (χ1v) is 6.21. The van der Waals surface area contributed by atoms with Crippen LogP contribution in [0.25, 0.3) is 0 Å². The lowest BCUT2D eigenvalue weighted by Gasteiger charge is -2.28. The molecular formula is C11H22N2OS. The molecule has 4 heteroatoms. The van der Waals surface area contributed by atoms with Crippen molar-refractivity contribution in [2.45, 2.75) is 51.2 Å². The molecule has 3 nitrogen and oxygen atoms in total. The molecule has 1 unspecified atom stereocenters. The summed E-state index contributed by atoms with van der Waals surface area (Å²) in [6, 6.07) is 0.630. The molecule has 1 aliphatic rings. The topological polar surface area (TPSA) is 49.5 Å². The zero-order valence-corrected chi connectivity index (χ0v) is 10.3. The van der Waals surface area contributed by atoms with Crippen molar-refractivity contribution >= 4 is 17.2 Å². The molecule has 0 spiro atoms. The highest BCUT2D eigenvalue weighted by Crippen LogP contribution is 2.23. The summed E-state index contributed by atoms with van der Waals surface area (Å²) in [7, 11) is 0. The summed E-state index contributed by atoms with van der Waals surface area (Å²) in [5.74, 6) is 0. The lowest BCUT2D eigenvalue weighted by Crippen LogP contribution is -2.40. The molecule has 0 aliphatic heterocycles. The van der Waals surface area contributed by atoms with Crippen LogP contribution in [-0.4, -0.2) is 40.2 Å². The monoisotopic (exact) mass is 230 g/mol. The average Bonchev–Trinajstić information content (AvgIpc) is 2.63. The molecule has 88 valence electrons. The van der Waals surface area contributed by atoms with Gasteiger partial charge in [0, 0.05) is 19.1 Å². The molecule has 0 aromatic rings. The third-order valence-corrected chi connectivity index (χ3v) is 3.16. The van der Waals surface area contributed by atoms with E-state index in [4.69, 9.17) is 18.0 Å². The van der Waals surface area contributed by atoms with Crippen molar-refractivity contribution in [3.63, 3.8) is 0 Å². The molecule has 0 amide bonds. The standard InChI is InChI=1S/C11H22N2OS/c1-9(14)6-7-13(8-11(12)15)10-4-2-3-5-10/h9-10,14H,2-8H2,1H3,(H2,12,15). The quantitative estimate of drug-likeness (QED) is 0.675. The predicted octanol–water partition coefficient (Wildman–Crippen LogP) is 1.29. The van der Waals surface area contributed by atoms with Crippen molar-refractivity contribution in [3.8, 4) is 0 Å². The number of nitrogens with two attached hydrogens (primary N) is 1. The van der Waals surface area contributed by atoms with E-state index in [-0.39, 0.29) is 6.10 Å². The van der Waals surface area contributed by atoms with Crippen molar-refractivity contribution < 1.29 is 5.11 Å². The summed E-state index contributed by atoms with van der Waals surface area (Å²) in [5, 5.41) is 9.29. The van der Waals surface area contributed by atoms with E-state index in [1.54, 1.807) is 0 Å². The van der Waals surface area contributed by atoms with Gasteiger partial charge in [0.2, 0.25) is 0 Å². The molecule has 0 heterocycles. The third kappa shape index (κ3) is 4.91. The summed E-state index contributed by atoms with van der Waals surface area (Å²) < 4.78 is 0. The van der Waals surface area contributed by atoms with Crippen LogP contribution in [-0.2, 0) is 0 Å². The van der Waals surface area contributed by atoms with Crippen LogP contribution in [0.1, 0.15) is 39.0 Å². The number of hydrogen-bond donors (Lipinski definition) is 2. The summed E-state index contributed by atoms with van der Waals surface area (Å²) in [6.07, 6.45) is 5.70. The number of nitrogens with zero attached hydrogens (tertiary/aromatic N) is 1. The van der Waals surface area contributed by atoms with Crippen molar-refractivity contribution in [1.82, 2.24) is 4.90 Å². The smallest absolute Gasteiger partial charge is 0.0870 e. The molecule has 1 atom stereocenters. The van der Waals surface area contributed by atoms with E-state index in [1.165, 1.54) is 25.7 Å². The van der Waals surface area contributed by atoms with E-state index in [1.807, 2.05) is 6.92 Å². The SMILES string of the molecule is CC(O)CCN(CC(N)=S)C1CCCC1. The van der Waals surface area contributed by atoms with E-state index < -0.39 is 0 Å². The highest BCUT2D eigenvalue weighted by molar-refractivity contribution is 7.80. The van der Waals surface area contributed by atoms with Crippen LogP contribution in [0.3, 0.4) is 0 Å². The van der Waals surface area contributed by atoms with Gasteiger partial charge in [0.15, 0.2) is 0 Å². The fourth-order valence-electron chi connectivity index (χ4n) is 2.21. The maximum Gasteiger partial charge on any atom is 0.0870 e. The van der Waals surface area contributed by atoms with Crippen LogP contribution in [0.4, 0.5) is 0 Å². The lowest BCUT2D eigenvalue weighted by molar-refractivity contribution is 0.144. The molecule has 0 radical (unpaired) electrons. The van der Waals surface area contributed by atoms with E-state index in [0.29, 0.717) is 17.6 Å². The Kier molecular flexibility index (Phi) is 5.50. The summed E-state index contributed by atoms with van der Waals surface area (Å²) in [4.78, 5) is 2.90. The molecule has 0 saturated heterocycles. The Balaban J connectivity index is 2.40. The van der Waals surface area contributed by atoms with Gasteiger partial charge in [0.25, 0.3) is 0 Å². The Morgan fingerprint density at radius 3 is 2.60 bits per heavy atom. The van der Waals surface area contributed by atoms with E-state index in [0.717, 1.165) is 13.0 Å². The van der Waals surface area contributed by atoms with Crippen molar-refractivity contribution in [3.05, 3.63) is 0 Å². The van der Waals surface area contributed by atoms with E-state index in [9.17, 15) is 5.11 Å². The highest BCUT2D eigenvalue weighted by Gasteiger charge is 2.22. The molecule has 0 aromatic carbocycles. The lowest BCUT2D eigenvalue weighted by atomic mass is 10.2. The first-order chi connectivity index (χ1) is 7.09. The molecule has 1 rings (SSSR count). The van der Waals surface area contributed by atoms with Crippen molar-refractivity contribution in [2.24, 2.45) is 5.73 Å². The van der Waals surface area contributed by atoms with Gasteiger partial charge in [-0.1, -0.05) is 25.1 Å². The van der Waals surface area contributed by atoms with Gasteiger partial charge in [-0.3, -0.25) is 4.90 Å². The number of aliphatic hydroxyl groups excluding tert-OH is 1. The second-order valence-corrected chi connectivity index (χ2v) is 5.04. The van der Waals surface area contributed by atoms with Gasteiger partial charge in [-0.15, -0.1) is 0 Å². The molecule has 0 bridgehead atoms. The number of rotatable bonds is 6. The maximum atomic E-state index is 9.29. The van der Waals surface area contributed by atoms with Gasteiger partial charge in [-0.05, 0) is 26.2 Å². The van der Waals surface area contributed by atoms with Crippen LogP contribution >= 0.6 is 12.2 Å². The number of thiocarbonyl (C=S) groups is 1. The van der Waals surface area contributed by atoms with Gasteiger partial charge < -0.3 is 10.8 Å². The van der Waals surface area contributed by atoms with Crippen LogP contribution < -0.4 is 5.73 Å². The van der Waals surface area contributed by atoms with Gasteiger partial charge in [-0.25, -0.2) is 0 Å². The summed E-state index contributed by atoms with van der Waals surface area (Å²) in [6.45, 7) is 3.43. The Morgan fingerprint density at radius 2 is 2.13 bits per heavy atom. The first kappa shape index (κ1) is 12.9. The average molecular weight is 230 g/mol. The third-order valence-electron chi connectivity index (χ3n) is 3.03. The molecule has 1 saturated carbocycles. The van der Waals surface area contributed by atoms with Gasteiger partial charge in [0.05, 0.1) is 11.1 Å². The zero-order valence-electron chi connectivity index (χ0n) is 9.48. The molecule has 3 N–H and O–H groups in total. The van der Waals surface area contributed by atoms with Crippen LogP contribution in [0.5, 0.6) is 0 Å². The normalized spacial score (nSPS) is 19.7. The molecular weight excluding hydrogens is 208 g/mol. The Labute approximate surface area is 97.6 Å². The number of hydrogen-bond acceptors (Lipinski definition) is 3. The molecule has 0 aromatic heterocycles. The second-order valence-electron chi connectivity index (χ2n) is 4.51. The van der Waals surface area contributed by atoms with Crippen LogP contribution in [0.15, 0.2) is 0 Å². The number of aliphatic hydroxyl groups is 1. The van der Waals surface area contributed by atoms with Crippen molar-refractivity contribution in [2.75, 3.05) is 13.1 Å². The molecule has 1 fully saturated rings. The van der Waals surface area contributed by atoms with Gasteiger partial charge >= 0.3 is 0 Å². The Bertz CT molecular complexity index is 203. The largest absolute Gasteiger partial charge is 0.393 e.